The molecule has 5 aromatic rings. The molecule has 6 nitrogen and oxygen atoms in total. The van der Waals surface area contributed by atoms with Crippen molar-refractivity contribution in [3.8, 4) is 39.7 Å². The first kappa shape index (κ1) is 22.4. The molecule has 0 atom stereocenters. The second kappa shape index (κ2) is 9.87. The number of benzene rings is 4. The molecule has 0 saturated carbocycles. The van der Waals surface area contributed by atoms with E-state index in [1.165, 1.54) is 0 Å². The van der Waals surface area contributed by atoms with Gasteiger partial charge in [0.05, 0.1) is 17.6 Å². The Morgan fingerprint density at radius 3 is 2.00 bits per heavy atom. The lowest BCUT2D eigenvalue weighted by atomic mass is 10.1. The van der Waals surface area contributed by atoms with E-state index in [2.05, 4.69) is 51.5 Å². The second-order valence-electron chi connectivity index (χ2n) is 8.53. The average Bonchev–Trinajstić information content (AvgIpc) is 3.61. The smallest absolute Gasteiger partial charge is 0.271 e. The largest absolute Gasteiger partial charge is 0.454 e. The standard InChI is InChI=1S/C31H23N3O3/c35-31(33-32-20-22-11-18-29-30(19-22)37-21-36-29)25-12-14-26(15-13-25)34-27(23-7-3-1-4-8-23)16-17-28(34)24-9-5-2-6-10-24/h1-20H,21H2,(H,33,35)/b32-20+. The monoisotopic (exact) mass is 485 g/mol. The van der Waals surface area contributed by atoms with Gasteiger partial charge in [-0.3, -0.25) is 4.79 Å². The molecule has 37 heavy (non-hydrogen) atoms. The van der Waals surface area contributed by atoms with Gasteiger partial charge in [0.25, 0.3) is 5.91 Å². The number of nitrogens with zero attached hydrogens (tertiary/aromatic N) is 2. The van der Waals surface area contributed by atoms with Crippen molar-refractivity contribution < 1.29 is 14.3 Å². The molecular weight excluding hydrogens is 462 g/mol. The number of nitrogens with one attached hydrogen (secondary N) is 1. The van der Waals surface area contributed by atoms with Gasteiger partial charge in [-0.25, -0.2) is 5.43 Å². The predicted octanol–water partition coefficient (Wildman–Crippen LogP) is 6.30. The van der Waals surface area contributed by atoms with Crippen LogP contribution in [-0.2, 0) is 0 Å². The van der Waals surface area contributed by atoms with Gasteiger partial charge >= 0.3 is 0 Å². The van der Waals surface area contributed by atoms with Gasteiger partial charge in [-0.05, 0) is 71.3 Å². The van der Waals surface area contributed by atoms with Gasteiger partial charge in [-0.15, -0.1) is 0 Å². The SMILES string of the molecule is O=C(N/N=C/c1ccc2c(c1)OCO2)c1ccc(-n2c(-c3ccccc3)ccc2-c2ccccc2)cc1. The van der Waals surface area contributed by atoms with E-state index in [-0.39, 0.29) is 12.7 Å². The molecule has 0 saturated heterocycles. The molecule has 1 N–H and O–H groups in total. The number of rotatable bonds is 6. The number of carbonyl (C=O) groups is 1. The molecule has 6 heteroatoms. The molecule has 0 spiro atoms. The molecule has 180 valence electrons. The summed E-state index contributed by atoms with van der Waals surface area (Å²) >= 11 is 0. The summed E-state index contributed by atoms with van der Waals surface area (Å²) in [6.45, 7) is 0.214. The Kier molecular flexibility index (Phi) is 5.97. The van der Waals surface area contributed by atoms with Gasteiger partial charge in [0.2, 0.25) is 6.79 Å². The van der Waals surface area contributed by atoms with Gasteiger partial charge < -0.3 is 14.0 Å². The van der Waals surface area contributed by atoms with E-state index >= 15 is 0 Å². The number of fused-ring (bicyclic) bond motifs is 1. The number of hydrogen-bond donors (Lipinski definition) is 1. The fourth-order valence-electron chi connectivity index (χ4n) is 4.37. The summed E-state index contributed by atoms with van der Waals surface area (Å²) in [5, 5.41) is 4.10. The second-order valence-corrected chi connectivity index (χ2v) is 8.53. The van der Waals surface area contributed by atoms with Gasteiger partial charge in [-0.1, -0.05) is 60.7 Å². The lowest BCUT2D eigenvalue weighted by molar-refractivity contribution is 0.0955. The van der Waals surface area contributed by atoms with Gasteiger partial charge in [0.15, 0.2) is 11.5 Å². The summed E-state index contributed by atoms with van der Waals surface area (Å²) in [4.78, 5) is 12.7. The first-order valence-electron chi connectivity index (χ1n) is 11.9. The maximum atomic E-state index is 12.7. The van der Waals surface area contributed by atoms with Crippen LogP contribution in [0.1, 0.15) is 15.9 Å². The molecule has 1 amide bonds. The molecule has 1 aliphatic rings. The zero-order valence-electron chi connectivity index (χ0n) is 19.9. The molecular formula is C31H23N3O3. The Labute approximate surface area is 214 Å². The lowest BCUT2D eigenvalue weighted by Crippen LogP contribution is -2.17. The molecule has 0 aliphatic carbocycles. The maximum absolute atomic E-state index is 12.7. The fourth-order valence-corrected chi connectivity index (χ4v) is 4.37. The summed E-state index contributed by atoms with van der Waals surface area (Å²) in [6.07, 6.45) is 1.58. The Morgan fingerprint density at radius 2 is 1.35 bits per heavy atom. The molecule has 4 aromatic carbocycles. The van der Waals surface area contributed by atoms with Crippen molar-refractivity contribution in [3.05, 3.63) is 126 Å². The Balaban J connectivity index is 1.25. The van der Waals surface area contributed by atoms with Crippen LogP contribution in [0.25, 0.3) is 28.2 Å². The Hall–Kier alpha value is -5.10. The highest BCUT2D eigenvalue weighted by atomic mass is 16.7. The van der Waals surface area contributed by atoms with Gasteiger partial charge in [0, 0.05) is 11.3 Å². The lowest BCUT2D eigenvalue weighted by Gasteiger charge is -2.15. The third-order valence-corrected chi connectivity index (χ3v) is 6.18. The van der Waals surface area contributed by atoms with E-state index in [0.717, 1.165) is 33.8 Å². The molecule has 0 radical (unpaired) electrons. The summed E-state index contributed by atoms with van der Waals surface area (Å²) in [7, 11) is 0. The van der Waals surface area contributed by atoms with E-state index < -0.39 is 0 Å². The number of carbonyl (C=O) groups excluding carboxylic acids is 1. The predicted molar refractivity (Wildman–Crippen MR) is 144 cm³/mol. The topological polar surface area (TPSA) is 64.8 Å². The number of hydrazone groups is 1. The van der Waals surface area contributed by atoms with Crippen LogP contribution in [0.3, 0.4) is 0 Å². The third-order valence-electron chi connectivity index (χ3n) is 6.18. The highest BCUT2D eigenvalue weighted by Gasteiger charge is 2.15. The number of amides is 1. The van der Waals surface area contributed by atoms with E-state index in [4.69, 9.17) is 9.47 Å². The number of aromatic nitrogens is 1. The normalized spacial score (nSPS) is 12.1. The van der Waals surface area contributed by atoms with Crippen molar-refractivity contribution in [3.63, 3.8) is 0 Å². The van der Waals surface area contributed by atoms with Crippen molar-refractivity contribution in [1.29, 1.82) is 0 Å². The van der Waals surface area contributed by atoms with Gasteiger partial charge in [-0.2, -0.15) is 5.10 Å². The van der Waals surface area contributed by atoms with Crippen LogP contribution in [0, 0.1) is 0 Å². The minimum atomic E-state index is -0.289. The van der Waals surface area contributed by atoms with Crippen LogP contribution >= 0.6 is 0 Å². The van der Waals surface area contributed by atoms with Gasteiger partial charge in [0.1, 0.15) is 0 Å². The van der Waals surface area contributed by atoms with Crippen molar-refractivity contribution in [2.75, 3.05) is 6.79 Å². The summed E-state index contributed by atoms with van der Waals surface area (Å²) < 4.78 is 12.9. The molecule has 0 bridgehead atoms. The third kappa shape index (κ3) is 4.60. The van der Waals surface area contributed by atoms with E-state index in [0.29, 0.717) is 17.1 Å². The van der Waals surface area contributed by atoms with E-state index in [1.807, 2.05) is 78.9 Å². The van der Waals surface area contributed by atoms with Crippen LogP contribution < -0.4 is 14.9 Å². The minimum Gasteiger partial charge on any atom is -0.454 e. The summed E-state index contributed by atoms with van der Waals surface area (Å²) in [5.74, 6) is 1.08. The molecule has 0 unspecified atom stereocenters. The van der Waals surface area contributed by atoms with Crippen molar-refractivity contribution in [2.24, 2.45) is 5.10 Å². The van der Waals surface area contributed by atoms with Crippen LogP contribution in [-0.4, -0.2) is 23.5 Å². The van der Waals surface area contributed by atoms with Crippen molar-refractivity contribution >= 4 is 12.1 Å². The summed E-state index contributed by atoms with van der Waals surface area (Å²) in [5.41, 5.74) is 9.25. The van der Waals surface area contributed by atoms with E-state index in [9.17, 15) is 4.79 Å². The van der Waals surface area contributed by atoms with Crippen LogP contribution in [0.5, 0.6) is 11.5 Å². The number of hydrogen-bond acceptors (Lipinski definition) is 4. The molecule has 6 rings (SSSR count). The number of ether oxygens (including phenoxy) is 2. The van der Waals surface area contributed by atoms with Crippen LogP contribution in [0.2, 0.25) is 0 Å². The Morgan fingerprint density at radius 1 is 0.730 bits per heavy atom. The summed E-state index contributed by atoms with van der Waals surface area (Å²) in [6, 6.07) is 37.8. The van der Waals surface area contributed by atoms with Crippen LogP contribution in [0.4, 0.5) is 0 Å². The molecule has 1 aromatic heterocycles. The average molecular weight is 486 g/mol. The molecule has 2 heterocycles. The minimum absolute atomic E-state index is 0.214. The zero-order chi connectivity index (χ0) is 25.0. The quantitative estimate of drug-likeness (QED) is 0.227. The first-order valence-corrected chi connectivity index (χ1v) is 11.9. The molecule has 0 fully saturated rings. The van der Waals surface area contributed by atoms with Crippen LogP contribution in [0.15, 0.2) is 120 Å². The maximum Gasteiger partial charge on any atom is 0.271 e. The highest BCUT2D eigenvalue weighted by molar-refractivity contribution is 5.95. The Bertz CT molecular complexity index is 1520. The van der Waals surface area contributed by atoms with Crippen molar-refractivity contribution in [2.45, 2.75) is 0 Å². The fraction of sp³-hybridized carbons (Fsp3) is 0.0323. The zero-order valence-corrected chi connectivity index (χ0v) is 19.9. The first-order chi connectivity index (χ1) is 18.3. The van der Waals surface area contributed by atoms with Crippen molar-refractivity contribution in [1.82, 2.24) is 9.99 Å². The van der Waals surface area contributed by atoms with E-state index in [1.54, 1.807) is 6.21 Å². The molecule has 1 aliphatic heterocycles. The highest BCUT2D eigenvalue weighted by Crippen LogP contribution is 2.33.